The van der Waals surface area contributed by atoms with Gasteiger partial charge in [-0.25, -0.2) is 4.79 Å². The molecule has 0 bridgehead atoms. The number of unbranched alkanes of at least 4 members (excludes halogenated alkanes) is 7. The summed E-state index contributed by atoms with van der Waals surface area (Å²) in [5.74, 6) is -0.321. The molecular formula is C12H27BrN4O. The molecule has 0 aromatic carbocycles. The summed E-state index contributed by atoms with van der Waals surface area (Å²) in [4.78, 5) is 11.0. The first kappa shape index (κ1) is 19.6. The van der Waals surface area contributed by atoms with Gasteiger partial charge < -0.3 is 11.1 Å². The van der Waals surface area contributed by atoms with Gasteiger partial charge in [0.1, 0.15) is 0 Å². The zero-order chi connectivity index (χ0) is 12.9. The van der Waals surface area contributed by atoms with Gasteiger partial charge in [-0.2, -0.15) is 0 Å². The molecule has 0 atom stereocenters. The van der Waals surface area contributed by atoms with Crippen LogP contribution in [0.5, 0.6) is 0 Å². The second-order valence-corrected chi connectivity index (χ2v) is 4.27. The molecular weight excluding hydrogens is 296 g/mol. The average Bonchev–Trinajstić information content (AvgIpc) is 2.26. The van der Waals surface area contributed by atoms with Gasteiger partial charge >= 0.3 is 6.03 Å². The lowest BCUT2D eigenvalue weighted by atomic mass is 10.1. The summed E-state index contributed by atoms with van der Waals surface area (Å²) in [5, 5.41) is 11.7. The highest BCUT2D eigenvalue weighted by atomic mass is 79.9. The molecule has 18 heavy (non-hydrogen) atoms. The molecule has 5 nitrogen and oxygen atoms in total. The van der Waals surface area contributed by atoms with Crippen molar-refractivity contribution < 1.29 is 4.79 Å². The van der Waals surface area contributed by atoms with Crippen molar-refractivity contribution in [3.8, 4) is 0 Å². The molecule has 0 aliphatic rings. The zero-order valence-corrected chi connectivity index (χ0v) is 13.0. The summed E-state index contributed by atoms with van der Waals surface area (Å²) in [6.07, 6.45) is 9.95. The first-order valence-electron chi connectivity index (χ1n) is 6.55. The van der Waals surface area contributed by atoms with Crippen molar-refractivity contribution >= 4 is 29.0 Å². The lowest BCUT2D eigenvalue weighted by molar-refractivity contribution is 0.245. The van der Waals surface area contributed by atoms with Gasteiger partial charge in [0, 0.05) is 6.54 Å². The maximum atomic E-state index is 11.0. The minimum absolute atomic E-state index is 0. The molecule has 0 aliphatic heterocycles. The lowest BCUT2D eigenvalue weighted by Crippen LogP contribution is -2.42. The van der Waals surface area contributed by atoms with Crippen molar-refractivity contribution in [1.29, 1.82) is 5.41 Å². The molecule has 2 amide bonds. The maximum absolute atomic E-state index is 11.0. The Labute approximate surface area is 121 Å². The van der Waals surface area contributed by atoms with Gasteiger partial charge in [0.2, 0.25) is 0 Å². The fraction of sp³-hybridized carbons (Fsp3) is 0.833. The fourth-order valence-corrected chi connectivity index (χ4v) is 1.63. The van der Waals surface area contributed by atoms with Gasteiger partial charge in [-0.1, -0.05) is 51.9 Å². The van der Waals surface area contributed by atoms with E-state index in [0.717, 1.165) is 12.8 Å². The highest BCUT2D eigenvalue weighted by Gasteiger charge is 1.99. The summed E-state index contributed by atoms with van der Waals surface area (Å²) in [5.41, 5.74) is 5.01. The Kier molecular flexibility index (Phi) is 15.5. The van der Waals surface area contributed by atoms with Crippen molar-refractivity contribution in [2.45, 2.75) is 58.3 Å². The Morgan fingerprint density at radius 1 is 1.06 bits per heavy atom. The Bertz CT molecular complexity index is 224. The Morgan fingerprint density at radius 2 is 1.56 bits per heavy atom. The van der Waals surface area contributed by atoms with E-state index >= 15 is 0 Å². The van der Waals surface area contributed by atoms with Crippen LogP contribution in [0.3, 0.4) is 0 Å². The van der Waals surface area contributed by atoms with Crippen LogP contribution >= 0.6 is 17.0 Å². The molecule has 0 aromatic rings. The van der Waals surface area contributed by atoms with Crippen LogP contribution in [0.2, 0.25) is 0 Å². The SMILES string of the molecule is Br.CCCCCCCCCCNC(=O)NC(=N)N. The van der Waals surface area contributed by atoms with E-state index in [1.807, 2.05) is 0 Å². The molecule has 0 aliphatic carbocycles. The Hall–Kier alpha value is -0.780. The molecule has 6 heteroatoms. The first-order chi connectivity index (χ1) is 8.16. The van der Waals surface area contributed by atoms with Gasteiger partial charge in [0.05, 0.1) is 0 Å². The van der Waals surface area contributed by atoms with Crippen molar-refractivity contribution in [2.24, 2.45) is 5.73 Å². The number of nitrogens with two attached hydrogens (primary N) is 1. The summed E-state index contributed by atoms with van der Waals surface area (Å²) < 4.78 is 0. The van der Waals surface area contributed by atoms with Gasteiger partial charge in [0.25, 0.3) is 0 Å². The molecule has 0 aromatic heterocycles. The van der Waals surface area contributed by atoms with Crippen LogP contribution < -0.4 is 16.4 Å². The quantitative estimate of drug-likeness (QED) is 0.298. The molecule has 0 spiro atoms. The molecule has 5 N–H and O–H groups in total. The molecule has 0 fully saturated rings. The number of hydrogen-bond acceptors (Lipinski definition) is 2. The number of urea groups is 1. The summed E-state index contributed by atoms with van der Waals surface area (Å²) in [6, 6.07) is -0.388. The molecule has 0 rings (SSSR count). The van der Waals surface area contributed by atoms with Crippen LogP contribution in [0.1, 0.15) is 58.3 Å². The molecule has 108 valence electrons. The minimum atomic E-state index is -0.388. The van der Waals surface area contributed by atoms with Crippen LogP contribution in [-0.4, -0.2) is 18.5 Å². The van der Waals surface area contributed by atoms with E-state index < -0.39 is 0 Å². The number of guanidine groups is 1. The largest absolute Gasteiger partial charge is 0.370 e. The summed E-state index contributed by atoms with van der Waals surface area (Å²) in [6.45, 7) is 2.87. The molecule has 0 saturated heterocycles. The van der Waals surface area contributed by atoms with Crippen molar-refractivity contribution in [2.75, 3.05) is 6.54 Å². The number of rotatable bonds is 9. The standard InChI is InChI=1S/C12H26N4O.BrH/c1-2-3-4-5-6-7-8-9-10-15-12(17)16-11(13)14;/h2-10H2,1H3,(H5,13,14,15,16,17);1H. The predicted molar refractivity (Wildman–Crippen MR) is 81.4 cm³/mol. The third-order valence-electron chi connectivity index (χ3n) is 2.56. The van der Waals surface area contributed by atoms with E-state index in [0.29, 0.717) is 6.54 Å². The number of nitrogens with one attached hydrogen (secondary N) is 3. The van der Waals surface area contributed by atoms with Gasteiger partial charge in [-0.05, 0) is 6.42 Å². The molecule has 0 saturated carbocycles. The van der Waals surface area contributed by atoms with Crippen LogP contribution in [0.25, 0.3) is 0 Å². The van der Waals surface area contributed by atoms with E-state index in [-0.39, 0.29) is 29.0 Å². The van der Waals surface area contributed by atoms with Crippen LogP contribution in [-0.2, 0) is 0 Å². The number of amides is 2. The van der Waals surface area contributed by atoms with Gasteiger partial charge in [0.15, 0.2) is 5.96 Å². The number of carbonyl (C=O) groups is 1. The van der Waals surface area contributed by atoms with Gasteiger partial charge in [-0.3, -0.25) is 10.7 Å². The minimum Gasteiger partial charge on any atom is -0.370 e. The van der Waals surface area contributed by atoms with E-state index in [1.165, 1.54) is 38.5 Å². The van der Waals surface area contributed by atoms with Crippen molar-refractivity contribution in [3.63, 3.8) is 0 Å². The molecule has 0 radical (unpaired) electrons. The van der Waals surface area contributed by atoms with Crippen LogP contribution in [0.4, 0.5) is 4.79 Å². The Morgan fingerprint density at radius 3 is 2.06 bits per heavy atom. The lowest BCUT2D eigenvalue weighted by Gasteiger charge is -2.05. The van der Waals surface area contributed by atoms with Crippen molar-refractivity contribution in [3.05, 3.63) is 0 Å². The second kappa shape index (κ2) is 14.3. The normalized spacial score (nSPS) is 9.39. The third kappa shape index (κ3) is 15.2. The maximum Gasteiger partial charge on any atom is 0.321 e. The van der Waals surface area contributed by atoms with E-state index in [1.54, 1.807) is 0 Å². The Balaban J connectivity index is 0. The monoisotopic (exact) mass is 322 g/mol. The van der Waals surface area contributed by atoms with Crippen LogP contribution in [0, 0.1) is 5.41 Å². The number of halogens is 1. The highest BCUT2D eigenvalue weighted by Crippen LogP contribution is 2.07. The highest BCUT2D eigenvalue weighted by molar-refractivity contribution is 8.93. The van der Waals surface area contributed by atoms with E-state index in [4.69, 9.17) is 11.1 Å². The third-order valence-corrected chi connectivity index (χ3v) is 2.56. The summed E-state index contributed by atoms with van der Waals surface area (Å²) >= 11 is 0. The first-order valence-corrected chi connectivity index (χ1v) is 6.55. The fourth-order valence-electron chi connectivity index (χ4n) is 1.63. The number of carbonyl (C=O) groups excluding carboxylic acids is 1. The second-order valence-electron chi connectivity index (χ2n) is 4.27. The van der Waals surface area contributed by atoms with E-state index in [2.05, 4.69) is 17.6 Å². The molecule has 0 heterocycles. The van der Waals surface area contributed by atoms with Crippen LogP contribution in [0.15, 0.2) is 0 Å². The average molecular weight is 323 g/mol. The zero-order valence-electron chi connectivity index (χ0n) is 11.3. The summed E-state index contributed by atoms with van der Waals surface area (Å²) in [7, 11) is 0. The van der Waals surface area contributed by atoms with Crippen molar-refractivity contribution in [1.82, 2.24) is 10.6 Å². The molecule has 0 unspecified atom stereocenters. The predicted octanol–water partition coefficient (Wildman–Crippen LogP) is 2.90. The topological polar surface area (TPSA) is 91.0 Å². The van der Waals surface area contributed by atoms with Gasteiger partial charge in [-0.15, -0.1) is 17.0 Å². The number of hydrogen-bond donors (Lipinski definition) is 4. The van der Waals surface area contributed by atoms with E-state index in [9.17, 15) is 4.79 Å². The smallest absolute Gasteiger partial charge is 0.321 e.